The number of thiazole rings is 1. The summed E-state index contributed by atoms with van der Waals surface area (Å²) in [5, 5.41) is 6.52. The summed E-state index contributed by atoms with van der Waals surface area (Å²) in [6.45, 7) is 2.27. The number of carbonyl (C=O) groups excluding carboxylic acids is 2. The topological polar surface area (TPSA) is 112 Å². The maximum Gasteiger partial charge on any atom is 0.373 e. The summed E-state index contributed by atoms with van der Waals surface area (Å²) in [5.74, 6) is 0.399. The third-order valence-electron chi connectivity index (χ3n) is 3.84. The van der Waals surface area contributed by atoms with E-state index < -0.39 is 5.97 Å². The fraction of sp³-hybridized carbons (Fsp3) is 0.238. The lowest BCUT2D eigenvalue weighted by molar-refractivity contribution is -0.142. The van der Waals surface area contributed by atoms with Crippen LogP contribution in [0.2, 0.25) is 0 Å². The molecule has 0 aliphatic rings. The molecule has 0 aliphatic heterocycles. The Morgan fingerprint density at radius 2 is 2.16 bits per heavy atom. The summed E-state index contributed by atoms with van der Waals surface area (Å²) in [4.78, 5) is 27.2. The minimum Gasteiger partial charge on any atom is -0.486 e. The number of hydrazone groups is 1. The maximum absolute atomic E-state index is 11.5. The Hall–Kier alpha value is -3.66. The van der Waals surface area contributed by atoms with Crippen LogP contribution in [-0.4, -0.2) is 36.9 Å². The van der Waals surface area contributed by atoms with E-state index in [1.54, 1.807) is 30.7 Å². The van der Waals surface area contributed by atoms with Crippen molar-refractivity contribution < 1.29 is 28.2 Å². The fourth-order valence-corrected chi connectivity index (χ4v) is 3.13. The third-order valence-corrected chi connectivity index (χ3v) is 4.64. The molecule has 9 nitrogen and oxygen atoms in total. The highest BCUT2D eigenvalue weighted by Crippen LogP contribution is 2.18. The van der Waals surface area contributed by atoms with Crippen LogP contribution >= 0.6 is 11.3 Å². The van der Waals surface area contributed by atoms with Crippen molar-refractivity contribution in [3.8, 4) is 5.75 Å². The van der Waals surface area contributed by atoms with Crippen LogP contribution in [0.3, 0.4) is 0 Å². The van der Waals surface area contributed by atoms with Crippen LogP contribution in [0.15, 0.2) is 51.3 Å². The molecule has 0 atom stereocenters. The Morgan fingerprint density at radius 1 is 1.29 bits per heavy atom. The van der Waals surface area contributed by atoms with Crippen molar-refractivity contribution in [3.05, 3.63) is 64.6 Å². The van der Waals surface area contributed by atoms with Crippen molar-refractivity contribution in [3.63, 3.8) is 0 Å². The van der Waals surface area contributed by atoms with E-state index in [0.29, 0.717) is 28.9 Å². The highest BCUT2D eigenvalue weighted by Gasteiger charge is 2.11. The van der Waals surface area contributed by atoms with Gasteiger partial charge in [0.2, 0.25) is 10.9 Å². The second kappa shape index (κ2) is 10.9. The first kappa shape index (κ1) is 22.0. The zero-order chi connectivity index (χ0) is 22.1. The Balaban J connectivity index is 1.51. The molecule has 2 heterocycles. The number of rotatable bonds is 10. The number of carbonyl (C=O) groups is 2. The van der Waals surface area contributed by atoms with Gasteiger partial charge < -0.3 is 18.6 Å². The highest BCUT2D eigenvalue weighted by molar-refractivity contribution is 7.13. The van der Waals surface area contributed by atoms with Crippen LogP contribution in [-0.2, 0) is 27.3 Å². The molecule has 162 valence electrons. The number of aromatic nitrogens is 1. The molecule has 3 aromatic rings. The summed E-state index contributed by atoms with van der Waals surface area (Å²) in [5.41, 5.74) is 4.28. The number of benzene rings is 1. The molecule has 0 unspecified atom stereocenters. The van der Waals surface area contributed by atoms with Crippen molar-refractivity contribution in [1.82, 2.24) is 4.98 Å². The SMILES string of the molecule is CCOC(=O)Cc1csc(NN=Cc2cccc(OCc3ccc(C(=O)OC)o3)c2)n1. The van der Waals surface area contributed by atoms with E-state index in [4.69, 9.17) is 13.9 Å². The average Bonchev–Trinajstić information content (AvgIpc) is 3.42. The van der Waals surface area contributed by atoms with E-state index in [1.165, 1.54) is 24.5 Å². The zero-order valence-corrected chi connectivity index (χ0v) is 17.8. The van der Waals surface area contributed by atoms with E-state index in [1.807, 2.05) is 18.2 Å². The predicted octanol–water partition coefficient (Wildman–Crippen LogP) is 3.65. The lowest BCUT2D eigenvalue weighted by atomic mass is 10.2. The lowest BCUT2D eigenvalue weighted by Gasteiger charge is -2.05. The van der Waals surface area contributed by atoms with E-state index in [2.05, 4.69) is 20.2 Å². The smallest absolute Gasteiger partial charge is 0.373 e. The van der Waals surface area contributed by atoms with Crippen LogP contribution in [0.1, 0.15) is 34.5 Å². The minimum atomic E-state index is -0.537. The average molecular weight is 443 g/mol. The monoisotopic (exact) mass is 443 g/mol. The Morgan fingerprint density at radius 3 is 2.97 bits per heavy atom. The Labute approximate surface area is 182 Å². The number of furan rings is 1. The molecule has 2 aromatic heterocycles. The van der Waals surface area contributed by atoms with Gasteiger partial charge in [-0.05, 0) is 36.8 Å². The number of hydrogen-bond acceptors (Lipinski definition) is 10. The summed E-state index contributed by atoms with van der Waals surface area (Å²) in [7, 11) is 1.29. The first-order valence-electron chi connectivity index (χ1n) is 9.36. The van der Waals surface area contributed by atoms with E-state index in [9.17, 15) is 9.59 Å². The van der Waals surface area contributed by atoms with Gasteiger partial charge in [-0.25, -0.2) is 9.78 Å². The third kappa shape index (κ3) is 6.68. The first-order chi connectivity index (χ1) is 15.1. The molecule has 1 N–H and O–H groups in total. The van der Waals surface area contributed by atoms with Gasteiger partial charge >= 0.3 is 11.9 Å². The van der Waals surface area contributed by atoms with Gasteiger partial charge in [-0.2, -0.15) is 5.10 Å². The minimum absolute atomic E-state index is 0.126. The number of ether oxygens (including phenoxy) is 3. The zero-order valence-electron chi connectivity index (χ0n) is 17.0. The second-order valence-electron chi connectivity index (χ2n) is 6.11. The van der Waals surface area contributed by atoms with Gasteiger partial charge in [0.25, 0.3) is 0 Å². The van der Waals surface area contributed by atoms with Crippen LogP contribution < -0.4 is 10.2 Å². The van der Waals surface area contributed by atoms with Gasteiger partial charge in [0, 0.05) is 5.38 Å². The predicted molar refractivity (Wildman–Crippen MR) is 114 cm³/mol. The van der Waals surface area contributed by atoms with E-state index in [0.717, 1.165) is 5.56 Å². The Bertz CT molecular complexity index is 1060. The fourth-order valence-electron chi connectivity index (χ4n) is 2.47. The molecule has 0 aliphatic carbocycles. The number of esters is 2. The molecule has 0 bridgehead atoms. The highest BCUT2D eigenvalue weighted by atomic mass is 32.1. The molecule has 3 rings (SSSR count). The number of nitrogens with one attached hydrogen (secondary N) is 1. The molecule has 31 heavy (non-hydrogen) atoms. The summed E-state index contributed by atoms with van der Waals surface area (Å²) >= 11 is 1.35. The maximum atomic E-state index is 11.5. The molecule has 0 spiro atoms. The first-order valence-corrected chi connectivity index (χ1v) is 10.2. The van der Waals surface area contributed by atoms with Crippen LogP contribution in [0, 0.1) is 0 Å². The standard InChI is InChI=1S/C21H21N3O6S/c1-3-28-19(25)10-15-13-31-21(23-15)24-22-11-14-5-4-6-16(9-14)29-12-17-7-8-18(30-17)20(26)27-2/h4-9,11,13H,3,10,12H2,1-2H3,(H,23,24). The molecule has 0 radical (unpaired) electrons. The van der Waals surface area contributed by atoms with Crippen molar-refractivity contribution in [2.24, 2.45) is 5.10 Å². The van der Waals surface area contributed by atoms with Crippen molar-refractivity contribution in [2.45, 2.75) is 20.0 Å². The van der Waals surface area contributed by atoms with Gasteiger partial charge in [-0.3, -0.25) is 10.2 Å². The lowest BCUT2D eigenvalue weighted by Crippen LogP contribution is -2.07. The molecule has 10 heteroatoms. The Kier molecular flexibility index (Phi) is 7.77. The van der Waals surface area contributed by atoms with Gasteiger partial charge in [0.15, 0.2) is 0 Å². The quantitative estimate of drug-likeness (QED) is 0.287. The van der Waals surface area contributed by atoms with E-state index >= 15 is 0 Å². The van der Waals surface area contributed by atoms with E-state index in [-0.39, 0.29) is 24.8 Å². The van der Waals surface area contributed by atoms with Crippen molar-refractivity contribution in [1.29, 1.82) is 0 Å². The number of nitrogens with zero attached hydrogens (tertiary/aromatic N) is 2. The molecule has 0 fully saturated rings. The van der Waals surface area contributed by atoms with Gasteiger partial charge in [-0.15, -0.1) is 11.3 Å². The summed E-state index contributed by atoms with van der Waals surface area (Å²) < 4.78 is 20.6. The van der Waals surface area contributed by atoms with Crippen LogP contribution in [0.25, 0.3) is 0 Å². The number of hydrogen-bond donors (Lipinski definition) is 1. The normalized spacial score (nSPS) is 10.8. The summed E-state index contributed by atoms with van der Waals surface area (Å²) in [6, 6.07) is 10.5. The molecular weight excluding hydrogens is 422 g/mol. The van der Waals surface area contributed by atoms with Crippen LogP contribution in [0.5, 0.6) is 5.75 Å². The molecule has 0 saturated heterocycles. The van der Waals surface area contributed by atoms with Crippen molar-refractivity contribution in [2.75, 3.05) is 19.1 Å². The number of anilines is 1. The summed E-state index contributed by atoms with van der Waals surface area (Å²) in [6.07, 6.45) is 1.76. The molecule has 0 amide bonds. The van der Waals surface area contributed by atoms with Crippen molar-refractivity contribution >= 4 is 34.6 Å². The van der Waals surface area contributed by atoms with Crippen LogP contribution in [0.4, 0.5) is 5.13 Å². The molecule has 1 aromatic carbocycles. The largest absolute Gasteiger partial charge is 0.486 e. The second-order valence-corrected chi connectivity index (χ2v) is 6.97. The molecule has 0 saturated carbocycles. The van der Waals surface area contributed by atoms with Gasteiger partial charge in [0.1, 0.15) is 18.1 Å². The molecular formula is C21H21N3O6S. The van der Waals surface area contributed by atoms with Gasteiger partial charge in [-0.1, -0.05) is 12.1 Å². The number of methoxy groups -OCH3 is 1. The van der Waals surface area contributed by atoms with Gasteiger partial charge in [0.05, 0.1) is 32.0 Å².